The molecule has 1 amide bonds. The van der Waals surface area contributed by atoms with Crippen molar-refractivity contribution >= 4 is 28.9 Å². The Morgan fingerprint density at radius 3 is 2.54 bits per heavy atom. The van der Waals surface area contributed by atoms with E-state index in [0.717, 1.165) is 5.39 Å². The van der Waals surface area contributed by atoms with Gasteiger partial charge in [0.05, 0.1) is 0 Å². The molecule has 0 saturated carbocycles. The standard InChI is InChI=1S/C18H22N2O6/c1-10(21)25-12-5-6-13-11(9-19-14(13)8-12)7-15(16(22)23)20-17(24)26-18(2,3)4/h5-6,8-9,15,19H,7H2,1-4H3,(H,20,24)(H,22,23). The molecular weight excluding hydrogens is 340 g/mol. The van der Waals surface area contributed by atoms with Crippen LogP contribution in [0.25, 0.3) is 10.9 Å². The summed E-state index contributed by atoms with van der Waals surface area (Å²) in [6, 6.07) is 3.86. The number of nitrogens with one attached hydrogen (secondary N) is 2. The number of aliphatic carboxylic acids is 1. The first-order valence-corrected chi connectivity index (χ1v) is 8.06. The number of aromatic amines is 1. The van der Waals surface area contributed by atoms with E-state index in [1.54, 1.807) is 45.2 Å². The minimum atomic E-state index is -1.17. The van der Waals surface area contributed by atoms with Crippen LogP contribution in [-0.4, -0.2) is 39.8 Å². The van der Waals surface area contributed by atoms with Crippen LogP contribution in [-0.2, 0) is 20.7 Å². The van der Waals surface area contributed by atoms with Crippen molar-refractivity contribution in [3.63, 3.8) is 0 Å². The van der Waals surface area contributed by atoms with Gasteiger partial charge in [0.1, 0.15) is 17.4 Å². The van der Waals surface area contributed by atoms with E-state index < -0.39 is 29.7 Å². The molecule has 1 aromatic heterocycles. The average molecular weight is 362 g/mol. The molecule has 0 radical (unpaired) electrons. The second-order valence-corrected chi connectivity index (χ2v) is 6.86. The van der Waals surface area contributed by atoms with E-state index in [0.29, 0.717) is 16.8 Å². The molecule has 8 heteroatoms. The van der Waals surface area contributed by atoms with Gasteiger partial charge in [0, 0.05) is 36.5 Å². The highest BCUT2D eigenvalue weighted by Crippen LogP contribution is 2.24. The summed E-state index contributed by atoms with van der Waals surface area (Å²) in [7, 11) is 0. The highest BCUT2D eigenvalue weighted by molar-refractivity contribution is 5.87. The molecule has 0 fully saturated rings. The number of H-pyrrole nitrogens is 1. The fourth-order valence-corrected chi connectivity index (χ4v) is 2.43. The number of ether oxygens (including phenoxy) is 2. The van der Waals surface area contributed by atoms with Crippen molar-refractivity contribution in [1.82, 2.24) is 10.3 Å². The zero-order valence-electron chi connectivity index (χ0n) is 15.1. The molecule has 1 heterocycles. The number of hydrogen-bond donors (Lipinski definition) is 3. The van der Waals surface area contributed by atoms with E-state index >= 15 is 0 Å². The second-order valence-electron chi connectivity index (χ2n) is 6.86. The summed E-state index contributed by atoms with van der Waals surface area (Å²) >= 11 is 0. The maximum Gasteiger partial charge on any atom is 0.408 e. The van der Waals surface area contributed by atoms with Gasteiger partial charge in [-0.05, 0) is 38.5 Å². The van der Waals surface area contributed by atoms with Gasteiger partial charge in [0.25, 0.3) is 0 Å². The minimum absolute atomic E-state index is 0.0709. The SMILES string of the molecule is CC(=O)Oc1ccc2c(CC(NC(=O)OC(C)(C)C)C(=O)O)c[nH]c2c1. The van der Waals surface area contributed by atoms with Gasteiger partial charge < -0.3 is 24.9 Å². The van der Waals surface area contributed by atoms with Gasteiger partial charge in [-0.1, -0.05) is 0 Å². The molecule has 2 rings (SSSR count). The molecule has 0 aliphatic carbocycles. The summed E-state index contributed by atoms with van der Waals surface area (Å²) in [5.74, 6) is -1.20. The van der Waals surface area contributed by atoms with Gasteiger partial charge in [0.2, 0.25) is 0 Å². The number of hydrogen-bond acceptors (Lipinski definition) is 5. The van der Waals surface area contributed by atoms with Crippen LogP contribution < -0.4 is 10.1 Å². The molecule has 1 unspecified atom stereocenters. The number of fused-ring (bicyclic) bond motifs is 1. The number of esters is 1. The van der Waals surface area contributed by atoms with E-state index in [9.17, 15) is 19.5 Å². The van der Waals surface area contributed by atoms with Crippen LogP contribution in [0.2, 0.25) is 0 Å². The number of carbonyl (C=O) groups excluding carboxylic acids is 2. The van der Waals surface area contributed by atoms with Gasteiger partial charge >= 0.3 is 18.0 Å². The van der Waals surface area contributed by atoms with E-state index in [-0.39, 0.29) is 6.42 Å². The van der Waals surface area contributed by atoms with Crippen molar-refractivity contribution < 1.29 is 29.0 Å². The van der Waals surface area contributed by atoms with E-state index in [4.69, 9.17) is 9.47 Å². The van der Waals surface area contributed by atoms with Gasteiger partial charge in [0.15, 0.2) is 0 Å². The molecule has 26 heavy (non-hydrogen) atoms. The zero-order valence-corrected chi connectivity index (χ0v) is 15.1. The molecular formula is C18H22N2O6. The molecule has 3 N–H and O–H groups in total. The molecule has 8 nitrogen and oxygen atoms in total. The van der Waals surface area contributed by atoms with E-state index in [1.807, 2.05) is 0 Å². The maximum atomic E-state index is 11.9. The van der Waals surface area contributed by atoms with Gasteiger partial charge in [-0.3, -0.25) is 4.79 Å². The molecule has 1 atom stereocenters. The number of alkyl carbamates (subject to hydrolysis) is 1. The van der Waals surface area contributed by atoms with Crippen LogP contribution >= 0.6 is 0 Å². The third-order valence-corrected chi connectivity index (χ3v) is 3.41. The number of aromatic nitrogens is 1. The predicted octanol–water partition coefficient (Wildman–Crippen LogP) is 2.61. The number of carbonyl (C=O) groups is 3. The molecule has 140 valence electrons. The third kappa shape index (κ3) is 5.23. The van der Waals surface area contributed by atoms with Crippen molar-refractivity contribution in [1.29, 1.82) is 0 Å². The van der Waals surface area contributed by atoms with Crippen LogP contribution in [0.15, 0.2) is 24.4 Å². The predicted molar refractivity (Wildman–Crippen MR) is 94.1 cm³/mol. The lowest BCUT2D eigenvalue weighted by Gasteiger charge is -2.22. The Kier molecular flexibility index (Phi) is 5.54. The van der Waals surface area contributed by atoms with Crippen LogP contribution in [0, 0.1) is 0 Å². The van der Waals surface area contributed by atoms with E-state index in [1.165, 1.54) is 6.92 Å². The van der Waals surface area contributed by atoms with Gasteiger partial charge in [-0.25, -0.2) is 9.59 Å². The largest absolute Gasteiger partial charge is 0.480 e. The Labute approximate surface area is 150 Å². The lowest BCUT2D eigenvalue weighted by molar-refractivity contribution is -0.139. The Morgan fingerprint density at radius 1 is 1.27 bits per heavy atom. The van der Waals surface area contributed by atoms with E-state index in [2.05, 4.69) is 10.3 Å². The summed E-state index contributed by atoms with van der Waals surface area (Å²) < 4.78 is 10.1. The van der Waals surface area contributed by atoms with Crippen LogP contribution in [0.5, 0.6) is 5.75 Å². The van der Waals surface area contributed by atoms with Crippen LogP contribution in [0.4, 0.5) is 4.79 Å². The number of amides is 1. The topological polar surface area (TPSA) is 118 Å². The first-order valence-electron chi connectivity index (χ1n) is 8.06. The summed E-state index contributed by atoms with van der Waals surface area (Å²) in [5, 5.41) is 12.5. The van der Waals surface area contributed by atoms with Crippen LogP contribution in [0.1, 0.15) is 33.3 Å². The first kappa shape index (κ1) is 19.3. The normalized spacial score (nSPS) is 12.5. The molecule has 0 saturated heterocycles. The fraction of sp³-hybridized carbons (Fsp3) is 0.389. The fourth-order valence-electron chi connectivity index (χ4n) is 2.43. The lowest BCUT2D eigenvalue weighted by atomic mass is 10.0. The van der Waals surface area contributed by atoms with Crippen molar-refractivity contribution in [3.8, 4) is 5.75 Å². The highest BCUT2D eigenvalue weighted by atomic mass is 16.6. The zero-order chi connectivity index (χ0) is 19.5. The monoisotopic (exact) mass is 362 g/mol. The number of carboxylic acid groups (broad SMARTS) is 1. The quantitative estimate of drug-likeness (QED) is 0.556. The van der Waals surface area contributed by atoms with Gasteiger partial charge in [-0.15, -0.1) is 0 Å². The highest BCUT2D eigenvalue weighted by Gasteiger charge is 2.25. The maximum absolute atomic E-state index is 11.9. The Morgan fingerprint density at radius 2 is 1.96 bits per heavy atom. The Balaban J connectivity index is 2.17. The number of benzene rings is 1. The summed E-state index contributed by atoms with van der Waals surface area (Å²) in [6.07, 6.45) is 0.943. The summed E-state index contributed by atoms with van der Waals surface area (Å²) in [6.45, 7) is 6.40. The van der Waals surface area contributed by atoms with Crippen molar-refractivity contribution in [2.24, 2.45) is 0 Å². The minimum Gasteiger partial charge on any atom is -0.480 e. The summed E-state index contributed by atoms with van der Waals surface area (Å²) in [5.41, 5.74) is 0.680. The summed E-state index contributed by atoms with van der Waals surface area (Å²) in [4.78, 5) is 37.4. The Hall–Kier alpha value is -3.03. The van der Waals surface area contributed by atoms with Crippen molar-refractivity contribution in [2.75, 3.05) is 0 Å². The molecule has 0 bridgehead atoms. The smallest absolute Gasteiger partial charge is 0.408 e. The number of carboxylic acids is 1. The Bertz CT molecular complexity index is 834. The van der Waals surface area contributed by atoms with Crippen LogP contribution in [0.3, 0.4) is 0 Å². The third-order valence-electron chi connectivity index (χ3n) is 3.41. The molecule has 0 aliphatic heterocycles. The average Bonchev–Trinajstić information content (AvgIpc) is 2.86. The van der Waals surface area contributed by atoms with Gasteiger partial charge in [-0.2, -0.15) is 0 Å². The number of rotatable bonds is 5. The molecule has 0 aliphatic rings. The molecule has 0 spiro atoms. The lowest BCUT2D eigenvalue weighted by Crippen LogP contribution is -2.44. The van der Waals surface area contributed by atoms with Crippen molar-refractivity contribution in [3.05, 3.63) is 30.0 Å². The molecule has 1 aromatic carbocycles. The second kappa shape index (κ2) is 7.47. The molecule has 2 aromatic rings. The van der Waals surface area contributed by atoms with Crippen molar-refractivity contribution in [2.45, 2.75) is 45.8 Å². The first-order chi connectivity index (χ1) is 12.0.